The van der Waals surface area contributed by atoms with Crippen molar-refractivity contribution in [1.29, 1.82) is 5.26 Å². The molecule has 0 aliphatic rings. The fourth-order valence-corrected chi connectivity index (χ4v) is 5.39. The third-order valence-corrected chi connectivity index (χ3v) is 6.86. The zero-order valence-corrected chi connectivity index (χ0v) is 26.8. The van der Waals surface area contributed by atoms with E-state index in [-0.39, 0.29) is 11.4 Å². The van der Waals surface area contributed by atoms with Gasteiger partial charge in [0.2, 0.25) is 5.52 Å². The molecule has 4 rings (SSSR count). The van der Waals surface area contributed by atoms with Crippen LogP contribution in [0.1, 0.15) is 58.2 Å². The molecule has 9 nitrogen and oxygen atoms in total. The quantitative estimate of drug-likeness (QED) is 0.247. The van der Waals surface area contributed by atoms with Crippen molar-refractivity contribution in [3.63, 3.8) is 0 Å². The number of carbonyl (C=O) groups excluding carboxylic acids is 2. The van der Waals surface area contributed by atoms with Crippen LogP contribution >= 0.6 is 24.0 Å². The van der Waals surface area contributed by atoms with Gasteiger partial charge in [0, 0.05) is 11.6 Å². The molecule has 0 fully saturated rings. The number of carbonyl (C=O) groups is 2. The number of benzene rings is 1. The first-order valence-electron chi connectivity index (χ1n) is 12.9. The monoisotopic (exact) mass is 597 g/mol. The zero-order valence-electron chi connectivity index (χ0n) is 25.1. The standard InChI is InChI=1S/C29H32N4O5S.CH4S/c1-16-10-11-21(36-9)17(2)22(16)32-23-19(15-31-20-12-13-39-24(20)23)18(14-30)25(32)33(26(34)37-28(3,4)5)27(35)38-29(6,7)8;1-2/h10-13,15H,1-9H3;2H,1H3/p+1. The number of H-pyrrole nitrogens is 1. The Labute approximate surface area is 250 Å². The molecule has 0 atom stereocenters. The number of hydrogen-bond donors (Lipinski definition) is 1. The summed E-state index contributed by atoms with van der Waals surface area (Å²) in [5.41, 5.74) is 2.09. The second kappa shape index (κ2) is 12.0. The fourth-order valence-electron chi connectivity index (χ4n) is 4.48. The summed E-state index contributed by atoms with van der Waals surface area (Å²) in [6, 6.07) is 7.94. The molecule has 1 aromatic carbocycles. The number of ether oxygens (including phenoxy) is 3. The highest BCUT2D eigenvalue weighted by atomic mass is 32.1. The van der Waals surface area contributed by atoms with Crippen molar-refractivity contribution >= 4 is 63.1 Å². The van der Waals surface area contributed by atoms with Crippen molar-refractivity contribution in [3.05, 3.63) is 46.5 Å². The van der Waals surface area contributed by atoms with Crippen molar-refractivity contribution in [2.24, 2.45) is 0 Å². The molecular formula is C30H37N4O5S2+. The molecule has 11 heteroatoms. The predicted molar refractivity (Wildman–Crippen MR) is 166 cm³/mol. The summed E-state index contributed by atoms with van der Waals surface area (Å²) in [5.74, 6) is 0.651. The van der Waals surface area contributed by atoms with E-state index >= 15 is 0 Å². The molecule has 3 heterocycles. The minimum atomic E-state index is -0.957. The van der Waals surface area contributed by atoms with Crippen molar-refractivity contribution in [1.82, 2.24) is 4.57 Å². The van der Waals surface area contributed by atoms with Gasteiger partial charge in [-0.15, -0.1) is 11.3 Å². The Morgan fingerprint density at radius 3 is 2.12 bits per heavy atom. The molecule has 0 bridgehead atoms. The van der Waals surface area contributed by atoms with Gasteiger partial charge in [-0.25, -0.2) is 14.6 Å². The molecule has 2 amide bonds. The van der Waals surface area contributed by atoms with Gasteiger partial charge in [0.25, 0.3) is 0 Å². The minimum Gasteiger partial charge on any atom is -0.496 e. The number of anilines is 1. The molecule has 0 radical (unpaired) electrons. The summed E-state index contributed by atoms with van der Waals surface area (Å²) in [5, 5.41) is 13.0. The Kier molecular flexibility index (Phi) is 9.30. The zero-order chi connectivity index (χ0) is 30.9. The fraction of sp³-hybridized carbons (Fsp3) is 0.400. The summed E-state index contributed by atoms with van der Waals surface area (Å²) in [7, 11) is 1.58. The largest absolute Gasteiger partial charge is 0.496 e. The molecule has 3 aromatic heterocycles. The lowest BCUT2D eigenvalue weighted by molar-refractivity contribution is -0.342. The van der Waals surface area contributed by atoms with E-state index in [2.05, 4.69) is 23.7 Å². The topological polar surface area (TPSA) is 108 Å². The van der Waals surface area contributed by atoms with Crippen LogP contribution in [-0.2, 0) is 9.47 Å². The number of rotatable bonds is 3. The van der Waals surface area contributed by atoms with Crippen molar-refractivity contribution in [2.75, 3.05) is 18.3 Å². The molecule has 41 heavy (non-hydrogen) atoms. The number of thiophene rings is 1. The van der Waals surface area contributed by atoms with Crippen LogP contribution in [-0.4, -0.2) is 41.3 Å². The van der Waals surface area contributed by atoms with Gasteiger partial charge in [0.15, 0.2) is 12.0 Å². The molecule has 0 aliphatic heterocycles. The van der Waals surface area contributed by atoms with Gasteiger partial charge in [-0.2, -0.15) is 22.8 Å². The van der Waals surface area contributed by atoms with Gasteiger partial charge in [0.05, 0.1) is 23.7 Å². The number of fused-ring (bicyclic) bond motifs is 3. The molecule has 1 N–H and O–H groups in total. The minimum absolute atomic E-state index is 0.0322. The molecule has 218 valence electrons. The van der Waals surface area contributed by atoms with E-state index in [0.29, 0.717) is 22.3 Å². The highest BCUT2D eigenvalue weighted by molar-refractivity contribution is 7.79. The number of nitriles is 1. The van der Waals surface area contributed by atoms with E-state index in [1.807, 2.05) is 37.4 Å². The van der Waals surface area contributed by atoms with Crippen molar-refractivity contribution in [2.45, 2.75) is 66.6 Å². The Morgan fingerprint density at radius 1 is 1.02 bits per heavy atom. The predicted octanol–water partition coefficient (Wildman–Crippen LogP) is 7.38. The van der Waals surface area contributed by atoms with Gasteiger partial charge in [-0.3, -0.25) is 4.57 Å². The van der Waals surface area contributed by atoms with E-state index in [1.54, 1.807) is 65.7 Å². The van der Waals surface area contributed by atoms with E-state index < -0.39 is 23.4 Å². The van der Waals surface area contributed by atoms with Crippen LogP contribution in [0, 0.1) is 25.2 Å². The number of imide groups is 1. The highest BCUT2D eigenvalue weighted by Crippen LogP contribution is 2.43. The summed E-state index contributed by atoms with van der Waals surface area (Å²) < 4.78 is 19.6. The van der Waals surface area contributed by atoms with Gasteiger partial charge in [-0.1, -0.05) is 6.07 Å². The van der Waals surface area contributed by atoms with E-state index in [4.69, 9.17) is 14.2 Å². The van der Waals surface area contributed by atoms with Crippen LogP contribution in [0.5, 0.6) is 5.75 Å². The van der Waals surface area contributed by atoms with E-state index in [1.165, 1.54) is 11.3 Å². The Bertz CT molecular complexity index is 1620. The first kappa shape index (κ1) is 31.8. The first-order valence-corrected chi connectivity index (χ1v) is 14.7. The van der Waals surface area contributed by atoms with Crippen LogP contribution in [0.25, 0.3) is 26.8 Å². The average Bonchev–Trinajstić information content (AvgIpc) is 3.46. The van der Waals surface area contributed by atoms with Gasteiger partial charge >= 0.3 is 12.2 Å². The second-order valence-electron chi connectivity index (χ2n) is 11.2. The number of nitrogens with zero attached hydrogens (tertiary/aromatic N) is 3. The van der Waals surface area contributed by atoms with Gasteiger partial charge in [-0.05, 0) is 78.7 Å². The lowest BCUT2D eigenvalue weighted by Gasteiger charge is -2.30. The smallest absolute Gasteiger partial charge is 0.425 e. The molecule has 0 aliphatic carbocycles. The number of thiol groups is 1. The molecule has 0 saturated heterocycles. The normalized spacial score (nSPS) is 11.5. The van der Waals surface area contributed by atoms with Gasteiger partial charge in [0.1, 0.15) is 33.3 Å². The summed E-state index contributed by atoms with van der Waals surface area (Å²) in [4.78, 5) is 31.6. The number of aromatic nitrogens is 2. The molecule has 0 saturated carbocycles. The third kappa shape index (κ3) is 6.29. The van der Waals surface area contributed by atoms with Crippen LogP contribution < -0.4 is 14.6 Å². The number of methoxy groups -OCH3 is 1. The van der Waals surface area contributed by atoms with Crippen molar-refractivity contribution < 1.29 is 28.8 Å². The highest BCUT2D eigenvalue weighted by Gasteiger charge is 2.39. The Balaban J connectivity index is 0.00000226. The summed E-state index contributed by atoms with van der Waals surface area (Å²) >= 11 is 5.01. The lowest BCUT2D eigenvalue weighted by atomic mass is 10.1. The van der Waals surface area contributed by atoms with Crippen LogP contribution in [0.2, 0.25) is 0 Å². The lowest BCUT2D eigenvalue weighted by Crippen LogP contribution is -2.45. The number of nitrogens with one attached hydrogen (secondary N) is 1. The SMILES string of the molecule is COc1ccc(C)c(-n2c(N(C(=O)OC(C)(C)C)C(=O)OC(C)(C)C)c(C#N)c3c[nH+]c4ccsc4c32)c1C.CS. The second-order valence-corrected chi connectivity index (χ2v) is 12.1. The molecule has 0 unspecified atom stereocenters. The van der Waals surface area contributed by atoms with Gasteiger partial charge < -0.3 is 14.2 Å². The van der Waals surface area contributed by atoms with E-state index in [9.17, 15) is 14.9 Å². The first-order chi connectivity index (χ1) is 19.2. The Hall–Kier alpha value is -3.75. The summed E-state index contributed by atoms with van der Waals surface area (Å²) in [6.07, 6.45) is 1.50. The number of pyridine rings is 1. The number of aryl methyl sites for hydroxylation is 1. The summed E-state index contributed by atoms with van der Waals surface area (Å²) in [6.45, 7) is 14.1. The van der Waals surface area contributed by atoms with E-state index in [0.717, 1.165) is 26.2 Å². The Morgan fingerprint density at radius 2 is 1.61 bits per heavy atom. The van der Waals surface area contributed by atoms with Crippen molar-refractivity contribution in [3.8, 4) is 17.5 Å². The molecule has 4 aromatic rings. The number of aromatic amines is 1. The number of amides is 2. The third-order valence-electron chi connectivity index (χ3n) is 5.94. The molecule has 0 spiro atoms. The van der Waals surface area contributed by atoms with Crippen LogP contribution in [0.15, 0.2) is 29.8 Å². The maximum atomic E-state index is 13.8. The maximum Gasteiger partial charge on any atom is 0.425 e. The number of hydrogen-bond acceptors (Lipinski definition) is 8. The molecular weight excluding hydrogens is 560 g/mol. The maximum absolute atomic E-state index is 13.8. The average molecular weight is 598 g/mol. The van der Waals surface area contributed by atoms with Crippen LogP contribution in [0.4, 0.5) is 15.4 Å². The van der Waals surface area contributed by atoms with Crippen LogP contribution in [0.3, 0.4) is 0 Å².